The normalized spacial score (nSPS) is 9.50. The second-order valence-corrected chi connectivity index (χ2v) is 4.22. The monoisotopic (exact) mass is 304 g/mol. The summed E-state index contributed by atoms with van der Waals surface area (Å²) in [4.78, 5) is 24.8. The van der Waals surface area contributed by atoms with Gasteiger partial charge in [-0.15, -0.1) is 13.2 Å². The van der Waals surface area contributed by atoms with Crippen LogP contribution in [0.1, 0.15) is 6.92 Å². The van der Waals surface area contributed by atoms with Gasteiger partial charge in [-0.1, -0.05) is 18.2 Å². The number of carbonyl (C=O) groups excluding carboxylic acids is 2. The van der Waals surface area contributed by atoms with E-state index in [1.54, 1.807) is 37.3 Å². The molecule has 0 unspecified atom stereocenters. The van der Waals surface area contributed by atoms with Crippen LogP contribution in [0.5, 0.6) is 5.75 Å². The molecule has 6 nitrogen and oxygen atoms in total. The second-order valence-electron chi connectivity index (χ2n) is 4.22. The number of ether oxygens (including phenoxy) is 2. The second kappa shape index (κ2) is 9.23. The van der Waals surface area contributed by atoms with Crippen molar-refractivity contribution >= 4 is 17.9 Å². The van der Waals surface area contributed by atoms with E-state index < -0.39 is 12.2 Å². The van der Waals surface area contributed by atoms with Crippen molar-refractivity contribution in [3.05, 3.63) is 49.6 Å². The smallest absolute Gasteiger partial charge is 0.415 e. The fourth-order valence-electron chi connectivity index (χ4n) is 1.62. The average molecular weight is 304 g/mol. The van der Waals surface area contributed by atoms with E-state index in [1.165, 1.54) is 11.0 Å². The van der Waals surface area contributed by atoms with E-state index in [0.29, 0.717) is 24.5 Å². The molecular weight excluding hydrogens is 284 g/mol. The topological polar surface area (TPSA) is 67.9 Å². The number of rotatable bonds is 7. The predicted molar refractivity (Wildman–Crippen MR) is 85.1 cm³/mol. The van der Waals surface area contributed by atoms with Crippen LogP contribution in [0.2, 0.25) is 0 Å². The molecule has 0 aromatic heterocycles. The van der Waals surface area contributed by atoms with Gasteiger partial charge in [0.05, 0.1) is 6.61 Å². The average Bonchev–Trinajstić information content (AvgIpc) is 2.47. The largest absolute Gasteiger partial charge is 0.450 e. The van der Waals surface area contributed by atoms with E-state index in [2.05, 4.69) is 18.5 Å². The zero-order valence-electron chi connectivity index (χ0n) is 12.6. The highest BCUT2D eigenvalue weighted by Crippen LogP contribution is 2.18. The summed E-state index contributed by atoms with van der Waals surface area (Å²) in [7, 11) is 0. The maximum absolute atomic E-state index is 12.0. The van der Waals surface area contributed by atoms with Crippen LogP contribution in [0.4, 0.5) is 15.3 Å². The summed E-state index contributed by atoms with van der Waals surface area (Å²) < 4.78 is 10.0. The first-order valence-electron chi connectivity index (χ1n) is 6.83. The maximum atomic E-state index is 12.0. The van der Waals surface area contributed by atoms with Crippen molar-refractivity contribution in [1.82, 2.24) is 4.90 Å². The van der Waals surface area contributed by atoms with E-state index in [4.69, 9.17) is 9.47 Å². The number of anilines is 1. The molecule has 0 radical (unpaired) electrons. The van der Waals surface area contributed by atoms with Crippen LogP contribution in [-0.4, -0.2) is 36.8 Å². The first-order valence-corrected chi connectivity index (χ1v) is 6.83. The first kappa shape index (κ1) is 17.3. The van der Waals surface area contributed by atoms with Gasteiger partial charge in [0.2, 0.25) is 0 Å². The molecular formula is C16H20N2O4. The third-order valence-corrected chi connectivity index (χ3v) is 2.52. The van der Waals surface area contributed by atoms with Crippen molar-refractivity contribution in [3.63, 3.8) is 0 Å². The quantitative estimate of drug-likeness (QED) is 0.784. The zero-order valence-corrected chi connectivity index (χ0v) is 12.6. The molecule has 1 aromatic rings. The number of nitrogens with zero attached hydrogens (tertiary/aromatic N) is 1. The Morgan fingerprint density at radius 1 is 1.27 bits per heavy atom. The van der Waals surface area contributed by atoms with Crippen LogP contribution in [0, 0.1) is 0 Å². The molecule has 1 aromatic carbocycles. The zero-order chi connectivity index (χ0) is 16.4. The van der Waals surface area contributed by atoms with Crippen LogP contribution >= 0.6 is 0 Å². The van der Waals surface area contributed by atoms with Gasteiger partial charge in [-0.3, -0.25) is 5.32 Å². The Morgan fingerprint density at radius 3 is 2.55 bits per heavy atom. The standard InChI is InChI=1S/C16H20N2O4/c1-4-10-18(11-5-2)16(20)22-14-9-7-8-13(12-14)17-15(19)21-6-3/h4-5,7-9,12H,1-2,6,10-11H2,3H3,(H,17,19). The van der Waals surface area contributed by atoms with Gasteiger partial charge in [0.25, 0.3) is 0 Å². The summed E-state index contributed by atoms with van der Waals surface area (Å²) in [5.74, 6) is 0.317. The highest BCUT2D eigenvalue weighted by Gasteiger charge is 2.13. The van der Waals surface area contributed by atoms with Crippen LogP contribution in [0.3, 0.4) is 0 Å². The van der Waals surface area contributed by atoms with E-state index >= 15 is 0 Å². The Morgan fingerprint density at radius 2 is 1.95 bits per heavy atom. The SMILES string of the molecule is C=CCN(CC=C)C(=O)Oc1cccc(NC(=O)OCC)c1. The fourth-order valence-corrected chi connectivity index (χ4v) is 1.62. The van der Waals surface area contributed by atoms with Gasteiger partial charge < -0.3 is 14.4 Å². The van der Waals surface area contributed by atoms with E-state index in [-0.39, 0.29) is 6.61 Å². The molecule has 6 heteroatoms. The predicted octanol–water partition coefficient (Wildman–Crippen LogP) is 3.43. The third-order valence-electron chi connectivity index (χ3n) is 2.52. The Bertz CT molecular complexity index is 533. The Kier molecular flexibility index (Phi) is 7.25. The molecule has 2 amide bonds. The fraction of sp³-hybridized carbons (Fsp3) is 0.250. The highest BCUT2D eigenvalue weighted by molar-refractivity contribution is 5.85. The van der Waals surface area contributed by atoms with Gasteiger partial charge in [-0.05, 0) is 19.1 Å². The lowest BCUT2D eigenvalue weighted by Crippen LogP contribution is -2.33. The minimum Gasteiger partial charge on any atom is -0.450 e. The third kappa shape index (κ3) is 5.70. The van der Waals surface area contributed by atoms with E-state index in [0.717, 1.165) is 0 Å². The minimum atomic E-state index is -0.564. The molecule has 0 bridgehead atoms. The van der Waals surface area contributed by atoms with Crippen molar-refractivity contribution < 1.29 is 19.1 Å². The molecule has 0 fully saturated rings. The molecule has 0 saturated heterocycles. The summed E-state index contributed by atoms with van der Waals surface area (Å²) in [5, 5.41) is 2.54. The Labute approximate surface area is 130 Å². The highest BCUT2D eigenvalue weighted by atomic mass is 16.6. The van der Waals surface area contributed by atoms with Crippen LogP contribution in [-0.2, 0) is 4.74 Å². The summed E-state index contributed by atoms with van der Waals surface area (Å²) in [6.45, 7) is 9.88. The van der Waals surface area contributed by atoms with Gasteiger partial charge >= 0.3 is 12.2 Å². The lowest BCUT2D eigenvalue weighted by Gasteiger charge is -2.18. The molecule has 1 rings (SSSR count). The number of carbonyl (C=O) groups is 2. The number of hydrogen-bond donors (Lipinski definition) is 1. The van der Waals surface area contributed by atoms with Crippen LogP contribution in [0.25, 0.3) is 0 Å². The van der Waals surface area contributed by atoms with Gasteiger partial charge in [-0.2, -0.15) is 0 Å². The van der Waals surface area contributed by atoms with E-state index in [9.17, 15) is 9.59 Å². The number of amides is 2. The summed E-state index contributed by atoms with van der Waals surface area (Å²) in [5.41, 5.74) is 0.475. The van der Waals surface area contributed by atoms with Crippen molar-refractivity contribution in [1.29, 1.82) is 0 Å². The van der Waals surface area contributed by atoms with Gasteiger partial charge in [0.15, 0.2) is 0 Å². The number of benzene rings is 1. The molecule has 0 spiro atoms. The van der Waals surface area contributed by atoms with Gasteiger partial charge in [-0.25, -0.2) is 9.59 Å². The number of nitrogens with one attached hydrogen (secondary N) is 1. The molecule has 0 aliphatic rings. The summed E-state index contributed by atoms with van der Waals surface area (Å²) in [6, 6.07) is 6.48. The van der Waals surface area contributed by atoms with Gasteiger partial charge in [0.1, 0.15) is 5.75 Å². The summed E-state index contributed by atoms with van der Waals surface area (Å²) >= 11 is 0. The summed E-state index contributed by atoms with van der Waals surface area (Å²) in [6.07, 6.45) is 2.12. The van der Waals surface area contributed by atoms with Crippen LogP contribution < -0.4 is 10.1 Å². The Hall–Kier alpha value is -2.76. The van der Waals surface area contributed by atoms with Crippen molar-refractivity contribution in [2.45, 2.75) is 6.92 Å². The van der Waals surface area contributed by atoms with Crippen LogP contribution in [0.15, 0.2) is 49.6 Å². The Balaban J connectivity index is 2.72. The number of hydrogen-bond acceptors (Lipinski definition) is 4. The molecule has 0 aliphatic carbocycles. The van der Waals surface area contributed by atoms with E-state index in [1.807, 2.05) is 0 Å². The maximum Gasteiger partial charge on any atom is 0.415 e. The molecule has 0 saturated carbocycles. The first-order chi connectivity index (χ1) is 10.6. The molecule has 0 aliphatic heterocycles. The van der Waals surface area contributed by atoms with Crippen molar-refractivity contribution in [3.8, 4) is 5.75 Å². The van der Waals surface area contributed by atoms with Gasteiger partial charge in [0, 0.05) is 24.8 Å². The van der Waals surface area contributed by atoms with Crippen molar-refractivity contribution in [2.75, 3.05) is 25.0 Å². The molecule has 22 heavy (non-hydrogen) atoms. The lowest BCUT2D eigenvalue weighted by atomic mass is 10.3. The molecule has 118 valence electrons. The lowest BCUT2D eigenvalue weighted by molar-refractivity contribution is 0.162. The van der Waals surface area contributed by atoms with Crippen molar-refractivity contribution in [2.24, 2.45) is 0 Å². The molecule has 0 heterocycles. The molecule has 1 N–H and O–H groups in total. The molecule has 0 atom stereocenters. The minimum absolute atomic E-state index is 0.276.